The molecule has 0 rings (SSSR count). The second-order valence-electron chi connectivity index (χ2n) is 2.71. The fourth-order valence-electron chi connectivity index (χ4n) is 0.659. The first kappa shape index (κ1) is 12.3. The van der Waals surface area contributed by atoms with Crippen molar-refractivity contribution >= 4 is 33.6 Å². The number of alkyl halides is 1. The molecule has 0 atom stereocenters. The van der Waals surface area contributed by atoms with Crippen molar-refractivity contribution in [3.05, 3.63) is 0 Å². The van der Waals surface area contributed by atoms with Gasteiger partial charge in [0.05, 0.1) is 0 Å². The lowest BCUT2D eigenvalue weighted by Crippen LogP contribution is -2.25. The standard InChI is InChI=1S/C8H16BrNOS/c1-7(2)12-6-5-10-8(11)3-4-9/h7H,3-6H2,1-2H3,(H,10,11). The van der Waals surface area contributed by atoms with Gasteiger partial charge in [0.2, 0.25) is 5.91 Å². The summed E-state index contributed by atoms with van der Waals surface area (Å²) >= 11 is 5.08. The molecule has 0 fully saturated rings. The zero-order valence-electron chi connectivity index (χ0n) is 7.60. The third-order valence-electron chi connectivity index (χ3n) is 1.20. The molecule has 0 aliphatic carbocycles. The first-order valence-corrected chi connectivity index (χ1v) is 6.28. The van der Waals surface area contributed by atoms with E-state index in [1.165, 1.54) is 0 Å². The summed E-state index contributed by atoms with van der Waals surface area (Å²) in [7, 11) is 0. The highest BCUT2D eigenvalue weighted by Crippen LogP contribution is 2.06. The summed E-state index contributed by atoms with van der Waals surface area (Å²) in [6.45, 7) is 5.10. The van der Waals surface area contributed by atoms with Gasteiger partial charge in [-0.3, -0.25) is 4.79 Å². The van der Waals surface area contributed by atoms with Crippen LogP contribution in [0, 0.1) is 0 Å². The molecular formula is C8H16BrNOS. The minimum absolute atomic E-state index is 0.135. The lowest BCUT2D eigenvalue weighted by atomic mass is 10.4. The molecule has 0 aromatic heterocycles. The van der Waals surface area contributed by atoms with E-state index < -0.39 is 0 Å². The molecule has 0 aliphatic heterocycles. The van der Waals surface area contributed by atoms with E-state index in [0.717, 1.165) is 17.6 Å². The molecule has 0 spiro atoms. The summed E-state index contributed by atoms with van der Waals surface area (Å²) in [6.07, 6.45) is 0.576. The monoisotopic (exact) mass is 253 g/mol. The van der Waals surface area contributed by atoms with E-state index in [-0.39, 0.29) is 5.91 Å². The van der Waals surface area contributed by atoms with Gasteiger partial charge in [0, 0.05) is 24.0 Å². The maximum atomic E-state index is 10.9. The molecule has 2 nitrogen and oxygen atoms in total. The average Bonchev–Trinajstić information content (AvgIpc) is 1.98. The molecule has 0 heterocycles. The molecule has 0 aromatic rings. The topological polar surface area (TPSA) is 29.1 Å². The number of carbonyl (C=O) groups is 1. The molecule has 12 heavy (non-hydrogen) atoms. The van der Waals surface area contributed by atoms with Crippen molar-refractivity contribution in [2.75, 3.05) is 17.6 Å². The molecule has 0 saturated carbocycles. The van der Waals surface area contributed by atoms with Crippen LogP contribution < -0.4 is 5.32 Å². The molecule has 0 aliphatic rings. The summed E-state index contributed by atoms with van der Waals surface area (Å²) in [6, 6.07) is 0. The van der Waals surface area contributed by atoms with Crippen molar-refractivity contribution in [3.8, 4) is 0 Å². The van der Waals surface area contributed by atoms with E-state index in [1.807, 2.05) is 11.8 Å². The van der Waals surface area contributed by atoms with Crippen LogP contribution in [0.25, 0.3) is 0 Å². The van der Waals surface area contributed by atoms with Crippen LogP contribution in [-0.2, 0) is 4.79 Å². The van der Waals surface area contributed by atoms with Crippen LogP contribution in [-0.4, -0.2) is 28.8 Å². The SMILES string of the molecule is CC(C)SCCNC(=O)CCBr. The molecule has 0 radical (unpaired) electrons. The number of hydrogen-bond acceptors (Lipinski definition) is 2. The fraction of sp³-hybridized carbons (Fsp3) is 0.875. The first-order valence-electron chi connectivity index (χ1n) is 4.11. The van der Waals surface area contributed by atoms with Crippen molar-refractivity contribution < 1.29 is 4.79 Å². The van der Waals surface area contributed by atoms with Crippen LogP contribution in [0.15, 0.2) is 0 Å². The number of amides is 1. The summed E-state index contributed by atoms with van der Waals surface area (Å²) in [5, 5.41) is 4.25. The van der Waals surface area contributed by atoms with Gasteiger partial charge in [-0.25, -0.2) is 0 Å². The van der Waals surface area contributed by atoms with Gasteiger partial charge in [0.1, 0.15) is 0 Å². The van der Waals surface area contributed by atoms with Crippen LogP contribution in [0.3, 0.4) is 0 Å². The van der Waals surface area contributed by atoms with Crippen LogP contribution in [0.4, 0.5) is 0 Å². The molecule has 0 saturated heterocycles. The zero-order chi connectivity index (χ0) is 9.40. The van der Waals surface area contributed by atoms with Gasteiger partial charge < -0.3 is 5.32 Å². The first-order chi connectivity index (χ1) is 5.66. The van der Waals surface area contributed by atoms with Crippen molar-refractivity contribution in [2.45, 2.75) is 25.5 Å². The molecular weight excluding hydrogens is 238 g/mol. The van der Waals surface area contributed by atoms with Gasteiger partial charge in [-0.1, -0.05) is 29.8 Å². The molecule has 72 valence electrons. The Balaban J connectivity index is 3.14. The number of hydrogen-bond donors (Lipinski definition) is 1. The smallest absolute Gasteiger partial charge is 0.220 e. The molecule has 4 heteroatoms. The largest absolute Gasteiger partial charge is 0.355 e. The Morgan fingerprint density at radius 1 is 1.58 bits per heavy atom. The van der Waals surface area contributed by atoms with E-state index in [4.69, 9.17) is 0 Å². The summed E-state index contributed by atoms with van der Waals surface area (Å²) in [5.41, 5.74) is 0. The Kier molecular flexibility index (Phi) is 8.12. The number of thioether (sulfide) groups is 1. The molecule has 1 N–H and O–H groups in total. The third kappa shape index (κ3) is 8.40. The lowest BCUT2D eigenvalue weighted by Gasteiger charge is -2.05. The quantitative estimate of drug-likeness (QED) is 0.580. The normalized spacial score (nSPS) is 10.3. The molecule has 1 amide bonds. The van der Waals surface area contributed by atoms with Crippen LogP contribution >= 0.6 is 27.7 Å². The van der Waals surface area contributed by atoms with Crippen molar-refractivity contribution in [1.29, 1.82) is 0 Å². The highest BCUT2D eigenvalue weighted by Gasteiger charge is 1.98. The highest BCUT2D eigenvalue weighted by atomic mass is 79.9. The van der Waals surface area contributed by atoms with Gasteiger partial charge in [-0.2, -0.15) is 11.8 Å². The van der Waals surface area contributed by atoms with E-state index in [1.54, 1.807) is 0 Å². The van der Waals surface area contributed by atoms with Gasteiger partial charge in [-0.05, 0) is 5.25 Å². The second-order valence-corrected chi connectivity index (χ2v) is 5.19. The van der Waals surface area contributed by atoms with E-state index >= 15 is 0 Å². The van der Waals surface area contributed by atoms with Crippen molar-refractivity contribution in [2.24, 2.45) is 0 Å². The number of nitrogens with one attached hydrogen (secondary N) is 1. The molecule has 0 unspecified atom stereocenters. The summed E-state index contributed by atoms with van der Waals surface area (Å²) < 4.78 is 0. The van der Waals surface area contributed by atoms with Crippen molar-refractivity contribution in [3.63, 3.8) is 0 Å². The number of carbonyl (C=O) groups excluding carboxylic acids is 1. The maximum Gasteiger partial charge on any atom is 0.220 e. The Labute approximate surface area is 87.0 Å². The minimum atomic E-state index is 0.135. The third-order valence-corrected chi connectivity index (χ3v) is 2.70. The summed E-state index contributed by atoms with van der Waals surface area (Å²) in [4.78, 5) is 10.9. The van der Waals surface area contributed by atoms with E-state index in [0.29, 0.717) is 11.7 Å². The van der Waals surface area contributed by atoms with Gasteiger partial charge >= 0.3 is 0 Å². The van der Waals surface area contributed by atoms with Crippen LogP contribution in [0.2, 0.25) is 0 Å². The maximum absolute atomic E-state index is 10.9. The van der Waals surface area contributed by atoms with Gasteiger partial charge in [0.25, 0.3) is 0 Å². The van der Waals surface area contributed by atoms with Gasteiger partial charge in [0.15, 0.2) is 0 Å². The average molecular weight is 254 g/mol. The summed E-state index contributed by atoms with van der Waals surface area (Å²) in [5.74, 6) is 1.14. The Morgan fingerprint density at radius 3 is 2.75 bits per heavy atom. The zero-order valence-corrected chi connectivity index (χ0v) is 10.0. The predicted octanol–water partition coefficient (Wildman–Crippen LogP) is 2.03. The number of halogens is 1. The minimum Gasteiger partial charge on any atom is -0.355 e. The Bertz CT molecular complexity index is 130. The molecule has 0 bridgehead atoms. The fourth-order valence-corrected chi connectivity index (χ4v) is 1.71. The highest BCUT2D eigenvalue weighted by molar-refractivity contribution is 9.09. The van der Waals surface area contributed by atoms with Crippen molar-refractivity contribution in [1.82, 2.24) is 5.32 Å². The van der Waals surface area contributed by atoms with Crippen LogP contribution in [0.1, 0.15) is 20.3 Å². The molecule has 0 aromatic carbocycles. The Hall–Kier alpha value is 0.300. The van der Waals surface area contributed by atoms with E-state index in [2.05, 4.69) is 35.1 Å². The number of rotatable bonds is 6. The lowest BCUT2D eigenvalue weighted by molar-refractivity contribution is -0.120. The van der Waals surface area contributed by atoms with Crippen LogP contribution in [0.5, 0.6) is 0 Å². The second kappa shape index (κ2) is 7.92. The van der Waals surface area contributed by atoms with E-state index in [9.17, 15) is 4.79 Å². The predicted molar refractivity (Wildman–Crippen MR) is 59.0 cm³/mol. The van der Waals surface area contributed by atoms with Gasteiger partial charge in [-0.15, -0.1) is 0 Å². The Morgan fingerprint density at radius 2 is 2.25 bits per heavy atom.